The van der Waals surface area contributed by atoms with Crippen LogP contribution in [-0.4, -0.2) is 37.7 Å². The van der Waals surface area contributed by atoms with E-state index >= 15 is 0 Å². The van der Waals surface area contributed by atoms with Crippen molar-refractivity contribution in [2.45, 2.75) is 45.4 Å². The summed E-state index contributed by atoms with van der Waals surface area (Å²) in [5.74, 6) is 0. The van der Waals surface area contributed by atoms with Crippen LogP contribution in [0.25, 0.3) is 21.8 Å². The number of ether oxygens (including phenoxy) is 1. The van der Waals surface area contributed by atoms with E-state index in [0.717, 1.165) is 64.2 Å². The lowest BCUT2D eigenvalue weighted by Crippen LogP contribution is -2.24. The van der Waals surface area contributed by atoms with Gasteiger partial charge in [0.05, 0.1) is 35.1 Å². The number of hydrogen-bond donors (Lipinski definition) is 2. The average molecular weight is 469 g/mol. The Labute approximate surface area is 195 Å². The fourth-order valence-electron chi connectivity index (χ4n) is 3.94. The number of aromatic nitrogens is 5. The van der Waals surface area contributed by atoms with Gasteiger partial charge in [0.25, 0.3) is 0 Å². The normalized spacial score (nSPS) is 16.4. The van der Waals surface area contributed by atoms with Crippen LogP contribution in [0.15, 0.2) is 42.7 Å². The second kappa shape index (κ2) is 9.44. The summed E-state index contributed by atoms with van der Waals surface area (Å²) in [6, 6.07) is 9.79. The Balaban J connectivity index is 1.26. The summed E-state index contributed by atoms with van der Waals surface area (Å²) in [5.41, 5.74) is 5.02. The number of hydrogen-bond acceptors (Lipinski definition) is 6. The van der Waals surface area contributed by atoms with Crippen LogP contribution in [-0.2, 0) is 17.8 Å². The molecule has 1 aromatic carbocycles. The molecule has 1 aliphatic heterocycles. The van der Waals surface area contributed by atoms with Gasteiger partial charge in [0.1, 0.15) is 5.69 Å². The first-order valence-electron chi connectivity index (χ1n) is 10.8. The summed E-state index contributed by atoms with van der Waals surface area (Å²) >= 11 is 7.63. The van der Waals surface area contributed by atoms with Crippen molar-refractivity contribution in [2.24, 2.45) is 0 Å². The van der Waals surface area contributed by atoms with Gasteiger partial charge in [-0.05, 0) is 49.9 Å². The third-order valence-electron chi connectivity index (χ3n) is 5.62. The van der Waals surface area contributed by atoms with Gasteiger partial charge in [-0.1, -0.05) is 35.1 Å². The molecule has 0 bridgehead atoms. The zero-order valence-corrected chi connectivity index (χ0v) is 19.4. The van der Waals surface area contributed by atoms with E-state index in [1.807, 2.05) is 48.3 Å². The van der Waals surface area contributed by atoms with Gasteiger partial charge in [-0.2, -0.15) is 10.2 Å². The van der Waals surface area contributed by atoms with Crippen LogP contribution in [0.3, 0.4) is 0 Å². The van der Waals surface area contributed by atoms with Gasteiger partial charge in [-0.15, -0.1) is 0 Å². The van der Waals surface area contributed by atoms with Crippen molar-refractivity contribution in [1.82, 2.24) is 25.0 Å². The van der Waals surface area contributed by atoms with Crippen LogP contribution in [0.5, 0.6) is 0 Å². The van der Waals surface area contributed by atoms with Crippen molar-refractivity contribution in [2.75, 3.05) is 11.9 Å². The maximum Gasteiger partial charge on any atom is 0.183 e. The minimum Gasteiger partial charge on any atom is -0.376 e. The van der Waals surface area contributed by atoms with Crippen molar-refractivity contribution in [3.63, 3.8) is 0 Å². The summed E-state index contributed by atoms with van der Waals surface area (Å²) in [6.45, 7) is 4.31. The fraction of sp³-hybridized carbons (Fsp3) is 0.348. The van der Waals surface area contributed by atoms with Crippen molar-refractivity contribution < 1.29 is 4.74 Å². The van der Waals surface area contributed by atoms with Gasteiger partial charge in [-0.3, -0.25) is 9.78 Å². The van der Waals surface area contributed by atoms with E-state index in [1.165, 1.54) is 6.42 Å². The Morgan fingerprint density at radius 2 is 2.12 bits per heavy atom. The molecular formula is C23H25ClN6OS. The average Bonchev–Trinajstić information content (AvgIpc) is 3.53. The molecule has 2 N–H and O–H groups in total. The van der Waals surface area contributed by atoms with Crippen LogP contribution in [0.1, 0.15) is 30.5 Å². The number of rotatable bonds is 7. The monoisotopic (exact) mass is 468 g/mol. The summed E-state index contributed by atoms with van der Waals surface area (Å²) in [7, 11) is 0. The minimum atomic E-state index is 0.265. The molecule has 0 aliphatic carbocycles. The molecule has 7 nitrogen and oxygen atoms in total. The van der Waals surface area contributed by atoms with E-state index in [1.54, 1.807) is 11.3 Å². The number of nitrogens with one attached hydrogen (secondary N) is 2. The summed E-state index contributed by atoms with van der Waals surface area (Å²) in [4.78, 5) is 5.79. The molecule has 0 spiro atoms. The topological polar surface area (TPSA) is 80.7 Å². The summed E-state index contributed by atoms with van der Waals surface area (Å²) in [5, 5.41) is 17.1. The number of H-pyrrole nitrogens is 1. The molecule has 9 heteroatoms. The molecule has 3 aromatic heterocycles. The van der Waals surface area contributed by atoms with E-state index in [-0.39, 0.29) is 6.10 Å². The van der Waals surface area contributed by atoms with Gasteiger partial charge < -0.3 is 10.1 Å². The molecule has 1 atom stereocenters. The molecule has 5 rings (SSSR count). The van der Waals surface area contributed by atoms with Crippen LogP contribution >= 0.6 is 22.9 Å². The van der Waals surface area contributed by atoms with Crippen molar-refractivity contribution >= 4 is 28.1 Å². The smallest absolute Gasteiger partial charge is 0.183 e. The largest absolute Gasteiger partial charge is 0.376 e. The van der Waals surface area contributed by atoms with E-state index < -0.39 is 0 Å². The standard InChI is InChI=1S/C23H25ClN6OS/c1-15-22(20-9-10-30(29-20)14-19-4-2-3-11-31-19)32-23(27-15)25-12-17-13-26-28-21(17)16-5-7-18(24)8-6-16/h5-10,13,19H,2-4,11-12,14H2,1H3,(H,25,27)(H,26,28)/t19-/m1/s1. The first-order chi connectivity index (χ1) is 15.7. The third-order valence-corrected chi connectivity index (χ3v) is 7.01. The quantitative estimate of drug-likeness (QED) is 0.372. The molecule has 1 fully saturated rings. The number of nitrogens with zero attached hydrogens (tertiary/aromatic N) is 4. The Bertz CT molecular complexity index is 1180. The zero-order chi connectivity index (χ0) is 21.9. The highest BCUT2D eigenvalue weighted by Gasteiger charge is 2.17. The molecule has 0 saturated carbocycles. The predicted molar refractivity (Wildman–Crippen MR) is 128 cm³/mol. The number of aromatic amines is 1. The van der Waals surface area contributed by atoms with E-state index in [9.17, 15) is 0 Å². The van der Waals surface area contributed by atoms with Gasteiger partial charge in [-0.25, -0.2) is 4.98 Å². The van der Waals surface area contributed by atoms with Crippen LogP contribution in [0, 0.1) is 6.92 Å². The first-order valence-corrected chi connectivity index (χ1v) is 12.0. The lowest BCUT2D eigenvalue weighted by atomic mass is 10.1. The van der Waals surface area contributed by atoms with Crippen molar-refractivity contribution in [3.05, 3.63) is 59.0 Å². The summed E-state index contributed by atoms with van der Waals surface area (Å²) < 4.78 is 7.83. The Hall–Kier alpha value is -2.68. The Morgan fingerprint density at radius 1 is 1.25 bits per heavy atom. The number of halogens is 1. The maximum atomic E-state index is 6.01. The van der Waals surface area contributed by atoms with Gasteiger partial charge in [0.15, 0.2) is 5.13 Å². The minimum absolute atomic E-state index is 0.265. The molecule has 0 unspecified atom stereocenters. The van der Waals surface area contributed by atoms with Crippen LogP contribution in [0.4, 0.5) is 5.13 Å². The predicted octanol–water partition coefficient (Wildman–Crippen LogP) is 5.54. The van der Waals surface area contributed by atoms with E-state index in [0.29, 0.717) is 11.6 Å². The third kappa shape index (κ3) is 4.72. The maximum absolute atomic E-state index is 6.01. The molecule has 4 heterocycles. The van der Waals surface area contributed by atoms with Crippen molar-refractivity contribution in [1.29, 1.82) is 0 Å². The van der Waals surface area contributed by atoms with Gasteiger partial charge in [0.2, 0.25) is 0 Å². The van der Waals surface area contributed by atoms with Gasteiger partial charge >= 0.3 is 0 Å². The Kier molecular flexibility index (Phi) is 6.25. The lowest BCUT2D eigenvalue weighted by molar-refractivity contribution is 0.00403. The number of benzene rings is 1. The van der Waals surface area contributed by atoms with Gasteiger partial charge in [0, 0.05) is 29.9 Å². The van der Waals surface area contributed by atoms with E-state index in [2.05, 4.69) is 21.6 Å². The fourth-order valence-corrected chi connectivity index (χ4v) is 4.99. The highest BCUT2D eigenvalue weighted by atomic mass is 35.5. The zero-order valence-electron chi connectivity index (χ0n) is 17.8. The molecule has 32 heavy (non-hydrogen) atoms. The van der Waals surface area contributed by atoms with Crippen LogP contribution < -0.4 is 5.32 Å². The van der Waals surface area contributed by atoms with E-state index in [4.69, 9.17) is 26.4 Å². The number of aryl methyl sites for hydroxylation is 1. The molecule has 166 valence electrons. The summed E-state index contributed by atoms with van der Waals surface area (Å²) in [6.07, 6.45) is 7.64. The molecule has 1 aliphatic rings. The highest BCUT2D eigenvalue weighted by Crippen LogP contribution is 2.32. The number of thiazole rings is 1. The molecule has 4 aromatic rings. The molecular weight excluding hydrogens is 444 g/mol. The highest BCUT2D eigenvalue weighted by molar-refractivity contribution is 7.19. The Morgan fingerprint density at radius 3 is 2.94 bits per heavy atom. The SMILES string of the molecule is Cc1nc(NCc2cn[nH]c2-c2ccc(Cl)cc2)sc1-c1ccn(C[C@H]2CCCCO2)n1. The van der Waals surface area contributed by atoms with Crippen molar-refractivity contribution in [3.8, 4) is 21.8 Å². The number of anilines is 1. The molecule has 0 radical (unpaired) electrons. The second-order valence-electron chi connectivity index (χ2n) is 7.98. The second-order valence-corrected chi connectivity index (χ2v) is 9.41. The molecule has 1 saturated heterocycles. The van der Waals surface area contributed by atoms with Crippen LogP contribution in [0.2, 0.25) is 5.02 Å². The molecule has 0 amide bonds. The lowest BCUT2D eigenvalue weighted by Gasteiger charge is -2.22. The first kappa shape index (κ1) is 21.2.